The summed E-state index contributed by atoms with van der Waals surface area (Å²) in [6.07, 6.45) is 5.79. The SMILES string of the molecule is C=C[C@H]1COC2(CCCC2)N1OC(=O)c1ccccc1. The lowest BCUT2D eigenvalue weighted by atomic mass is 10.1. The van der Waals surface area contributed by atoms with E-state index in [-0.39, 0.29) is 12.0 Å². The third kappa shape index (κ3) is 2.25. The molecule has 0 aromatic heterocycles. The van der Waals surface area contributed by atoms with Gasteiger partial charge in [0.05, 0.1) is 18.2 Å². The minimum absolute atomic E-state index is 0.0687. The lowest BCUT2D eigenvalue weighted by Crippen LogP contribution is -2.46. The van der Waals surface area contributed by atoms with E-state index in [0.29, 0.717) is 12.2 Å². The van der Waals surface area contributed by atoms with Crippen molar-refractivity contribution in [2.75, 3.05) is 6.61 Å². The second-order valence-electron chi connectivity index (χ2n) is 5.34. The topological polar surface area (TPSA) is 38.8 Å². The van der Waals surface area contributed by atoms with Crippen LogP contribution in [-0.2, 0) is 9.57 Å². The molecule has 1 aliphatic carbocycles. The molecule has 2 aliphatic rings. The predicted molar refractivity (Wildman–Crippen MR) is 74.8 cm³/mol. The molecule has 0 radical (unpaired) electrons. The molecule has 106 valence electrons. The minimum Gasteiger partial charge on any atom is -0.360 e. The van der Waals surface area contributed by atoms with Crippen molar-refractivity contribution < 1.29 is 14.4 Å². The van der Waals surface area contributed by atoms with Crippen LogP contribution in [0.4, 0.5) is 0 Å². The molecule has 0 bridgehead atoms. The Labute approximate surface area is 118 Å². The van der Waals surface area contributed by atoms with Crippen molar-refractivity contribution >= 4 is 5.97 Å². The van der Waals surface area contributed by atoms with E-state index in [1.54, 1.807) is 23.3 Å². The first kappa shape index (κ1) is 13.3. The molecule has 1 aliphatic heterocycles. The number of benzene rings is 1. The lowest BCUT2D eigenvalue weighted by molar-refractivity contribution is -0.227. The second-order valence-corrected chi connectivity index (χ2v) is 5.34. The van der Waals surface area contributed by atoms with Crippen LogP contribution in [0.3, 0.4) is 0 Å². The highest BCUT2D eigenvalue weighted by atomic mass is 16.8. The van der Waals surface area contributed by atoms with Crippen LogP contribution < -0.4 is 0 Å². The van der Waals surface area contributed by atoms with Gasteiger partial charge in [-0.25, -0.2) is 4.79 Å². The molecule has 0 amide bonds. The summed E-state index contributed by atoms with van der Waals surface area (Å²) in [5.41, 5.74) is 0.110. The Balaban J connectivity index is 1.79. The van der Waals surface area contributed by atoms with Crippen molar-refractivity contribution in [1.29, 1.82) is 0 Å². The van der Waals surface area contributed by atoms with Crippen molar-refractivity contribution in [3.63, 3.8) is 0 Å². The first-order chi connectivity index (χ1) is 9.75. The molecule has 1 aromatic rings. The van der Waals surface area contributed by atoms with Gasteiger partial charge in [-0.3, -0.25) is 0 Å². The molecule has 4 heteroatoms. The summed E-state index contributed by atoms with van der Waals surface area (Å²) in [6.45, 7) is 4.35. The van der Waals surface area contributed by atoms with Crippen LogP contribution >= 0.6 is 0 Å². The zero-order chi connectivity index (χ0) is 14.0. The molecular formula is C16H19NO3. The van der Waals surface area contributed by atoms with Gasteiger partial charge >= 0.3 is 5.97 Å². The van der Waals surface area contributed by atoms with Crippen molar-refractivity contribution in [1.82, 2.24) is 5.06 Å². The highest BCUT2D eigenvalue weighted by Crippen LogP contribution is 2.42. The van der Waals surface area contributed by atoms with E-state index in [9.17, 15) is 4.79 Å². The largest absolute Gasteiger partial charge is 0.360 e. The van der Waals surface area contributed by atoms with Gasteiger partial charge in [-0.15, -0.1) is 6.58 Å². The average molecular weight is 273 g/mol. The fourth-order valence-electron chi connectivity index (χ4n) is 3.00. The number of carbonyl (C=O) groups excluding carboxylic acids is 1. The van der Waals surface area contributed by atoms with Crippen LogP contribution in [0, 0.1) is 0 Å². The first-order valence-corrected chi connectivity index (χ1v) is 7.08. The fraction of sp³-hybridized carbons (Fsp3) is 0.438. The summed E-state index contributed by atoms with van der Waals surface area (Å²) in [4.78, 5) is 17.9. The number of nitrogens with zero attached hydrogens (tertiary/aromatic N) is 1. The van der Waals surface area contributed by atoms with E-state index in [2.05, 4.69) is 6.58 Å². The summed E-state index contributed by atoms with van der Waals surface area (Å²) < 4.78 is 5.93. The molecule has 1 heterocycles. The van der Waals surface area contributed by atoms with Gasteiger partial charge in [0.15, 0.2) is 5.72 Å². The summed E-state index contributed by atoms with van der Waals surface area (Å²) in [5.74, 6) is -0.339. The molecule has 4 nitrogen and oxygen atoms in total. The molecule has 1 atom stereocenters. The van der Waals surface area contributed by atoms with Gasteiger partial charge in [-0.05, 0) is 37.8 Å². The second kappa shape index (κ2) is 5.38. The lowest BCUT2D eigenvalue weighted by Gasteiger charge is -2.33. The van der Waals surface area contributed by atoms with Gasteiger partial charge in [-0.2, -0.15) is 0 Å². The molecule has 0 unspecified atom stereocenters. The van der Waals surface area contributed by atoms with E-state index in [1.165, 1.54) is 0 Å². The van der Waals surface area contributed by atoms with E-state index in [4.69, 9.17) is 9.57 Å². The maximum Gasteiger partial charge on any atom is 0.357 e. The smallest absolute Gasteiger partial charge is 0.357 e. The Bertz CT molecular complexity index is 494. The Morgan fingerprint density at radius 2 is 2.05 bits per heavy atom. The zero-order valence-electron chi connectivity index (χ0n) is 11.5. The molecule has 1 spiro atoms. The molecule has 20 heavy (non-hydrogen) atoms. The quantitative estimate of drug-likeness (QED) is 0.794. The number of hydrogen-bond acceptors (Lipinski definition) is 4. The number of hydrogen-bond donors (Lipinski definition) is 0. The van der Waals surface area contributed by atoms with Gasteiger partial charge in [0.2, 0.25) is 0 Å². The molecule has 1 saturated carbocycles. The maximum atomic E-state index is 12.2. The third-order valence-electron chi connectivity index (χ3n) is 4.07. The third-order valence-corrected chi connectivity index (χ3v) is 4.07. The van der Waals surface area contributed by atoms with Crippen LogP contribution in [0.25, 0.3) is 0 Å². The first-order valence-electron chi connectivity index (χ1n) is 7.08. The highest BCUT2D eigenvalue weighted by molar-refractivity contribution is 5.89. The Hall–Kier alpha value is -1.65. The average Bonchev–Trinajstić information content (AvgIpc) is 3.09. The van der Waals surface area contributed by atoms with Gasteiger partial charge in [0.1, 0.15) is 0 Å². The van der Waals surface area contributed by atoms with Crippen LogP contribution in [0.15, 0.2) is 43.0 Å². The van der Waals surface area contributed by atoms with Crippen LogP contribution in [0.1, 0.15) is 36.0 Å². The van der Waals surface area contributed by atoms with Gasteiger partial charge < -0.3 is 9.57 Å². The summed E-state index contributed by atoms with van der Waals surface area (Å²) in [7, 11) is 0. The summed E-state index contributed by atoms with van der Waals surface area (Å²) >= 11 is 0. The van der Waals surface area contributed by atoms with Gasteiger partial charge in [-0.1, -0.05) is 29.3 Å². The summed E-state index contributed by atoms with van der Waals surface area (Å²) in [6, 6.07) is 8.97. The molecular weight excluding hydrogens is 254 g/mol. The van der Waals surface area contributed by atoms with Crippen molar-refractivity contribution in [2.45, 2.75) is 37.5 Å². The monoisotopic (exact) mass is 273 g/mol. The fourth-order valence-corrected chi connectivity index (χ4v) is 3.00. The number of ether oxygens (including phenoxy) is 1. The predicted octanol–water partition coefficient (Wildman–Crippen LogP) is 2.92. The standard InChI is InChI=1S/C16H19NO3/c1-2-14-12-19-16(10-6-7-11-16)17(14)20-15(18)13-8-4-3-5-9-13/h2-5,8-9,14H,1,6-7,10-12H2/t14-/m0/s1. The Morgan fingerprint density at radius 3 is 2.70 bits per heavy atom. The van der Waals surface area contributed by atoms with Crippen molar-refractivity contribution in [3.05, 3.63) is 48.6 Å². The molecule has 3 rings (SSSR count). The summed E-state index contributed by atoms with van der Waals surface area (Å²) in [5, 5.41) is 1.72. The normalized spacial score (nSPS) is 24.9. The minimum atomic E-state index is -0.441. The molecule has 0 N–H and O–H groups in total. The zero-order valence-corrected chi connectivity index (χ0v) is 11.5. The molecule has 1 saturated heterocycles. The van der Waals surface area contributed by atoms with Crippen molar-refractivity contribution in [2.24, 2.45) is 0 Å². The van der Waals surface area contributed by atoms with Crippen LogP contribution in [0.5, 0.6) is 0 Å². The number of rotatable bonds is 3. The van der Waals surface area contributed by atoms with E-state index in [0.717, 1.165) is 25.7 Å². The molecule has 1 aromatic carbocycles. The Kier molecular flexibility index (Phi) is 3.59. The maximum absolute atomic E-state index is 12.2. The van der Waals surface area contributed by atoms with E-state index in [1.807, 2.05) is 18.2 Å². The Morgan fingerprint density at radius 1 is 1.35 bits per heavy atom. The van der Waals surface area contributed by atoms with Gasteiger partial charge in [0, 0.05) is 0 Å². The highest BCUT2D eigenvalue weighted by Gasteiger charge is 2.51. The van der Waals surface area contributed by atoms with Gasteiger partial charge in [0.25, 0.3) is 0 Å². The van der Waals surface area contributed by atoms with Crippen LogP contribution in [-0.4, -0.2) is 29.4 Å². The van der Waals surface area contributed by atoms with E-state index < -0.39 is 5.72 Å². The van der Waals surface area contributed by atoms with E-state index >= 15 is 0 Å². The number of carbonyl (C=O) groups is 1. The molecule has 2 fully saturated rings. The van der Waals surface area contributed by atoms with Crippen molar-refractivity contribution in [3.8, 4) is 0 Å². The van der Waals surface area contributed by atoms with Crippen LogP contribution in [0.2, 0.25) is 0 Å². The number of hydroxylamine groups is 2.